The quantitative estimate of drug-likeness (QED) is 0.718. The van der Waals surface area contributed by atoms with Gasteiger partial charge in [-0.3, -0.25) is 0 Å². The second kappa shape index (κ2) is 7.84. The lowest BCUT2D eigenvalue weighted by molar-refractivity contribution is -0.137. The van der Waals surface area contributed by atoms with Crippen LogP contribution in [0.1, 0.15) is 16.7 Å². The van der Waals surface area contributed by atoms with E-state index in [1.165, 1.54) is 12.1 Å². The van der Waals surface area contributed by atoms with Gasteiger partial charge in [0.25, 0.3) is 0 Å². The van der Waals surface area contributed by atoms with Crippen molar-refractivity contribution in [1.82, 2.24) is 5.32 Å². The van der Waals surface area contributed by atoms with E-state index in [0.29, 0.717) is 6.54 Å². The molecule has 0 bridgehead atoms. The van der Waals surface area contributed by atoms with Crippen LogP contribution in [0.25, 0.3) is 0 Å². The molecule has 0 saturated carbocycles. The van der Waals surface area contributed by atoms with E-state index in [1.54, 1.807) is 7.11 Å². The Kier molecular flexibility index (Phi) is 6.07. The fraction of sp³-hybridized carbons (Fsp3) is 0.294. The van der Waals surface area contributed by atoms with Gasteiger partial charge in [0.1, 0.15) is 5.75 Å². The van der Waals surface area contributed by atoms with Gasteiger partial charge in [-0.15, -0.1) is 0 Å². The summed E-state index contributed by atoms with van der Waals surface area (Å²) in [4.78, 5) is 0. The Balaban J connectivity index is 1.80. The van der Waals surface area contributed by atoms with Gasteiger partial charge < -0.3 is 10.1 Å². The number of alkyl halides is 3. The second-order valence-corrected chi connectivity index (χ2v) is 5.94. The van der Waals surface area contributed by atoms with Crippen molar-refractivity contribution in [2.75, 3.05) is 13.7 Å². The molecule has 1 N–H and O–H groups in total. The van der Waals surface area contributed by atoms with E-state index in [0.717, 1.165) is 46.4 Å². The molecule has 23 heavy (non-hydrogen) atoms. The molecule has 6 heteroatoms. The summed E-state index contributed by atoms with van der Waals surface area (Å²) in [6, 6.07) is 11.1. The Bertz CT molecular complexity index is 641. The predicted molar refractivity (Wildman–Crippen MR) is 87.5 cm³/mol. The molecule has 0 atom stereocenters. The summed E-state index contributed by atoms with van der Waals surface area (Å²) in [6.45, 7) is 1.27. The minimum Gasteiger partial charge on any atom is -0.496 e. The Morgan fingerprint density at radius 1 is 1.04 bits per heavy atom. The first-order valence-corrected chi connectivity index (χ1v) is 7.88. The number of methoxy groups -OCH3 is 1. The summed E-state index contributed by atoms with van der Waals surface area (Å²) in [5.74, 6) is 0.784. The maximum absolute atomic E-state index is 12.5. The molecule has 2 aromatic rings. The highest BCUT2D eigenvalue weighted by molar-refractivity contribution is 9.10. The lowest BCUT2D eigenvalue weighted by Gasteiger charge is -2.09. The lowest BCUT2D eigenvalue weighted by atomic mass is 10.1. The van der Waals surface area contributed by atoms with Crippen molar-refractivity contribution in [3.05, 3.63) is 63.6 Å². The normalized spacial score (nSPS) is 11.5. The first kappa shape index (κ1) is 17.8. The molecule has 124 valence electrons. The average Bonchev–Trinajstić information content (AvgIpc) is 2.51. The van der Waals surface area contributed by atoms with Crippen molar-refractivity contribution in [2.24, 2.45) is 0 Å². The molecule has 0 aliphatic rings. The molecule has 0 fully saturated rings. The number of rotatable bonds is 6. The van der Waals surface area contributed by atoms with E-state index in [9.17, 15) is 13.2 Å². The molecule has 0 saturated heterocycles. The van der Waals surface area contributed by atoms with Gasteiger partial charge in [-0.2, -0.15) is 13.2 Å². The van der Waals surface area contributed by atoms with Gasteiger partial charge in [0.05, 0.1) is 17.1 Å². The van der Waals surface area contributed by atoms with Gasteiger partial charge >= 0.3 is 6.18 Å². The first-order chi connectivity index (χ1) is 10.9. The van der Waals surface area contributed by atoms with Crippen LogP contribution in [0.4, 0.5) is 13.2 Å². The van der Waals surface area contributed by atoms with E-state index in [2.05, 4.69) is 21.2 Å². The van der Waals surface area contributed by atoms with Gasteiger partial charge in [-0.1, -0.05) is 18.2 Å². The average molecular weight is 388 g/mol. The molecular formula is C17H17BrF3NO. The van der Waals surface area contributed by atoms with Crippen LogP contribution < -0.4 is 10.1 Å². The monoisotopic (exact) mass is 387 g/mol. The van der Waals surface area contributed by atoms with Crippen molar-refractivity contribution in [3.63, 3.8) is 0 Å². The third kappa shape index (κ3) is 5.25. The van der Waals surface area contributed by atoms with Crippen molar-refractivity contribution >= 4 is 15.9 Å². The summed E-state index contributed by atoms with van der Waals surface area (Å²) in [5, 5.41) is 3.23. The number of ether oxygens (including phenoxy) is 1. The molecule has 0 radical (unpaired) electrons. The Morgan fingerprint density at radius 2 is 1.70 bits per heavy atom. The van der Waals surface area contributed by atoms with E-state index in [1.807, 2.05) is 18.2 Å². The number of hydrogen-bond acceptors (Lipinski definition) is 2. The molecule has 0 aromatic heterocycles. The number of benzene rings is 2. The zero-order chi connectivity index (χ0) is 16.9. The molecule has 0 unspecified atom stereocenters. The second-order valence-electron chi connectivity index (χ2n) is 5.09. The lowest BCUT2D eigenvalue weighted by Crippen LogP contribution is -2.16. The molecule has 2 aromatic carbocycles. The smallest absolute Gasteiger partial charge is 0.416 e. The van der Waals surface area contributed by atoms with Gasteiger partial charge in [0.15, 0.2) is 0 Å². The third-order valence-corrected chi connectivity index (χ3v) is 4.04. The van der Waals surface area contributed by atoms with E-state index in [4.69, 9.17) is 4.74 Å². The van der Waals surface area contributed by atoms with Crippen LogP contribution in [0, 0.1) is 0 Å². The highest BCUT2D eigenvalue weighted by Crippen LogP contribution is 2.29. The zero-order valence-corrected chi connectivity index (χ0v) is 14.2. The Labute approximate surface area is 141 Å². The molecule has 0 heterocycles. The van der Waals surface area contributed by atoms with Crippen LogP contribution in [0.5, 0.6) is 5.75 Å². The molecule has 0 aliphatic carbocycles. The number of hydrogen-bond donors (Lipinski definition) is 1. The summed E-state index contributed by atoms with van der Waals surface area (Å²) in [5.41, 5.74) is 1.36. The standard InChI is InChI=1S/C17H17BrF3NO/c1-23-16-7-4-12(10-15(16)18)8-9-22-11-13-2-5-14(6-3-13)17(19,20)21/h2-7,10,22H,8-9,11H2,1H3. The van der Waals surface area contributed by atoms with Gasteiger partial charge in [-0.05, 0) is 64.3 Å². The zero-order valence-electron chi connectivity index (χ0n) is 12.6. The number of nitrogens with one attached hydrogen (secondary N) is 1. The topological polar surface area (TPSA) is 21.3 Å². The van der Waals surface area contributed by atoms with Crippen molar-refractivity contribution < 1.29 is 17.9 Å². The van der Waals surface area contributed by atoms with Crippen LogP contribution in [-0.4, -0.2) is 13.7 Å². The van der Waals surface area contributed by atoms with E-state index in [-0.39, 0.29) is 0 Å². The van der Waals surface area contributed by atoms with E-state index >= 15 is 0 Å². The minimum absolute atomic E-state index is 0.537. The summed E-state index contributed by atoms with van der Waals surface area (Å²) in [7, 11) is 1.62. The summed E-state index contributed by atoms with van der Waals surface area (Å²) < 4.78 is 43.5. The van der Waals surface area contributed by atoms with Crippen LogP contribution in [0.2, 0.25) is 0 Å². The van der Waals surface area contributed by atoms with Gasteiger partial charge in [0, 0.05) is 6.54 Å². The molecule has 2 nitrogen and oxygen atoms in total. The predicted octanol–water partition coefficient (Wildman–Crippen LogP) is 4.81. The molecule has 0 spiro atoms. The van der Waals surface area contributed by atoms with E-state index < -0.39 is 11.7 Å². The highest BCUT2D eigenvalue weighted by atomic mass is 79.9. The maximum atomic E-state index is 12.5. The van der Waals surface area contributed by atoms with Crippen LogP contribution in [0.3, 0.4) is 0 Å². The third-order valence-electron chi connectivity index (χ3n) is 3.42. The SMILES string of the molecule is COc1ccc(CCNCc2ccc(C(F)(F)F)cc2)cc1Br. The Hall–Kier alpha value is -1.53. The minimum atomic E-state index is -4.28. The van der Waals surface area contributed by atoms with Crippen LogP contribution in [0.15, 0.2) is 46.9 Å². The largest absolute Gasteiger partial charge is 0.496 e. The van der Waals surface area contributed by atoms with Crippen molar-refractivity contribution in [2.45, 2.75) is 19.1 Å². The molecular weight excluding hydrogens is 371 g/mol. The summed E-state index contributed by atoms with van der Waals surface area (Å²) in [6.07, 6.45) is -3.46. The fourth-order valence-electron chi connectivity index (χ4n) is 2.14. The van der Waals surface area contributed by atoms with Crippen molar-refractivity contribution in [1.29, 1.82) is 0 Å². The number of halogens is 4. The highest BCUT2D eigenvalue weighted by Gasteiger charge is 2.29. The first-order valence-electron chi connectivity index (χ1n) is 7.09. The maximum Gasteiger partial charge on any atom is 0.416 e. The van der Waals surface area contributed by atoms with Gasteiger partial charge in [-0.25, -0.2) is 0 Å². The Morgan fingerprint density at radius 3 is 2.26 bits per heavy atom. The fourth-order valence-corrected chi connectivity index (χ4v) is 2.73. The van der Waals surface area contributed by atoms with Crippen LogP contribution >= 0.6 is 15.9 Å². The molecule has 0 amide bonds. The molecule has 2 rings (SSSR count). The summed E-state index contributed by atoms with van der Waals surface area (Å²) >= 11 is 3.44. The van der Waals surface area contributed by atoms with Crippen molar-refractivity contribution in [3.8, 4) is 5.75 Å². The molecule has 0 aliphatic heterocycles. The van der Waals surface area contributed by atoms with Crippen LogP contribution in [-0.2, 0) is 19.1 Å². The van der Waals surface area contributed by atoms with Gasteiger partial charge in [0.2, 0.25) is 0 Å².